The van der Waals surface area contributed by atoms with Crippen molar-refractivity contribution in [2.45, 2.75) is 5.03 Å². The number of aromatic carboxylic acids is 2. The van der Waals surface area contributed by atoms with E-state index in [0.717, 1.165) is 32.6 Å². The van der Waals surface area contributed by atoms with Gasteiger partial charge in [-0.1, -0.05) is 0 Å². The standard InChI is InChI=1S/C15H10N2O4S3/c1-22-12-6-7(8-2-4-10(23-8)14(18)19)16-13(17-12)9-3-5-11(24-9)15(20)21/h2-6H,1H3,(H,18,19)(H,20,21). The molecule has 0 aromatic carbocycles. The Morgan fingerprint density at radius 3 is 2.08 bits per heavy atom. The molecule has 6 nitrogen and oxygen atoms in total. The van der Waals surface area contributed by atoms with Gasteiger partial charge in [0.15, 0.2) is 5.82 Å². The quantitative estimate of drug-likeness (QED) is 0.510. The first kappa shape index (κ1) is 16.6. The lowest BCUT2D eigenvalue weighted by atomic mass is 10.3. The minimum absolute atomic E-state index is 0.217. The van der Waals surface area contributed by atoms with Crippen LogP contribution in [0.3, 0.4) is 0 Å². The summed E-state index contributed by atoms with van der Waals surface area (Å²) < 4.78 is 0. The molecule has 0 fully saturated rings. The van der Waals surface area contributed by atoms with Gasteiger partial charge in [0.1, 0.15) is 14.8 Å². The molecule has 0 unspecified atom stereocenters. The summed E-state index contributed by atoms with van der Waals surface area (Å²) in [5.74, 6) is -1.54. The van der Waals surface area contributed by atoms with Crippen LogP contribution < -0.4 is 0 Å². The van der Waals surface area contributed by atoms with E-state index in [1.807, 2.05) is 6.26 Å². The fourth-order valence-corrected chi connectivity index (χ4v) is 3.92. The van der Waals surface area contributed by atoms with E-state index in [1.54, 1.807) is 18.2 Å². The highest BCUT2D eigenvalue weighted by atomic mass is 32.2. The normalized spacial score (nSPS) is 10.7. The van der Waals surface area contributed by atoms with Gasteiger partial charge in [-0.15, -0.1) is 34.4 Å². The van der Waals surface area contributed by atoms with Gasteiger partial charge < -0.3 is 10.2 Å². The molecule has 0 spiro atoms. The van der Waals surface area contributed by atoms with E-state index < -0.39 is 11.9 Å². The lowest BCUT2D eigenvalue weighted by Crippen LogP contribution is -1.92. The highest BCUT2D eigenvalue weighted by Crippen LogP contribution is 2.32. The second-order valence-corrected chi connectivity index (χ2v) is 7.55. The largest absolute Gasteiger partial charge is 0.477 e. The summed E-state index contributed by atoms with van der Waals surface area (Å²) >= 11 is 3.68. The van der Waals surface area contributed by atoms with Crippen LogP contribution in [-0.4, -0.2) is 38.4 Å². The number of aromatic nitrogens is 2. The second kappa shape index (κ2) is 6.71. The number of thiophene rings is 2. The summed E-state index contributed by atoms with van der Waals surface area (Å²) in [6.07, 6.45) is 1.88. The minimum Gasteiger partial charge on any atom is -0.477 e. The van der Waals surface area contributed by atoms with Crippen LogP contribution in [0.15, 0.2) is 35.4 Å². The van der Waals surface area contributed by atoms with E-state index in [-0.39, 0.29) is 9.75 Å². The van der Waals surface area contributed by atoms with Gasteiger partial charge in [0.05, 0.1) is 15.4 Å². The van der Waals surface area contributed by atoms with Crippen LogP contribution in [0.1, 0.15) is 19.3 Å². The van der Waals surface area contributed by atoms with E-state index in [1.165, 1.54) is 23.9 Å². The highest BCUT2D eigenvalue weighted by molar-refractivity contribution is 7.98. The third-order valence-electron chi connectivity index (χ3n) is 3.02. The summed E-state index contributed by atoms with van der Waals surface area (Å²) in [6.45, 7) is 0. The third kappa shape index (κ3) is 3.32. The van der Waals surface area contributed by atoms with Crippen molar-refractivity contribution in [1.29, 1.82) is 0 Å². The summed E-state index contributed by atoms with van der Waals surface area (Å²) in [5, 5.41) is 18.8. The number of rotatable bonds is 5. The predicted octanol–water partition coefficient (Wildman–Crippen LogP) is 4.05. The van der Waals surface area contributed by atoms with E-state index >= 15 is 0 Å². The molecule has 0 amide bonds. The molecule has 9 heteroatoms. The molecule has 0 saturated carbocycles. The molecule has 0 atom stereocenters. The predicted molar refractivity (Wildman–Crippen MR) is 94.4 cm³/mol. The molecule has 2 N–H and O–H groups in total. The first-order chi connectivity index (χ1) is 11.5. The van der Waals surface area contributed by atoms with E-state index in [4.69, 9.17) is 10.2 Å². The zero-order valence-corrected chi connectivity index (χ0v) is 14.7. The first-order valence-electron chi connectivity index (χ1n) is 6.58. The molecule has 24 heavy (non-hydrogen) atoms. The molecule has 0 aliphatic heterocycles. The Balaban J connectivity index is 2.07. The molecule has 0 radical (unpaired) electrons. The van der Waals surface area contributed by atoms with Gasteiger partial charge in [0.25, 0.3) is 0 Å². The average molecular weight is 378 g/mol. The highest BCUT2D eigenvalue weighted by Gasteiger charge is 2.15. The molecule has 3 aromatic rings. The summed E-state index contributed by atoms with van der Waals surface area (Å²) in [6, 6.07) is 8.23. The maximum absolute atomic E-state index is 11.0. The van der Waals surface area contributed by atoms with Crippen LogP contribution >= 0.6 is 34.4 Å². The van der Waals surface area contributed by atoms with Crippen molar-refractivity contribution in [1.82, 2.24) is 9.97 Å². The number of hydrogen-bond donors (Lipinski definition) is 2. The number of carboxylic acid groups (broad SMARTS) is 2. The molecule has 3 rings (SSSR count). The molecular formula is C15H10N2O4S3. The van der Waals surface area contributed by atoms with Gasteiger partial charge in [-0.25, -0.2) is 19.6 Å². The number of carbonyl (C=O) groups is 2. The van der Waals surface area contributed by atoms with E-state index in [9.17, 15) is 9.59 Å². The van der Waals surface area contributed by atoms with Crippen LogP contribution in [0.4, 0.5) is 0 Å². The van der Waals surface area contributed by atoms with Crippen molar-refractivity contribution in [2.24, 2.45) is 0 Å². The van der Waals surface area contributed by atoms with Crippen LogP contribution in [0.25, 0.3) is 21.3 Å². The van der Waals surface area contributed by atoms with Crippen molar-refractivity contribution in [3.8, 4) is 21.3 Å². The third-order valence-corrected chi connectivity index (χ3v) is 5.81. The topological polar surface area (TPSA) is 100 Å². The Kier molecular flexibility index (Phi) is 4.65. The van der Waals surface area contributed by atoms with E-state index in [2.05, 4.69) is 9.97 Å². The molecule has 0 aliphatic carbocycles. The first-order valence-corrected chi connectivity index (χ1v) is 9.44. The maximum atomic E-state index is 11.0. The lowest BCUT2D eigenvalue weighted by molar-refractivity contribution is 0.0691. The monoisotopic (exact) mass is 378 g/mol. The van der Waals surface area contributed by atoms with E-state index in [0.29, 0.717) is 16.4 Å². The Labute approximate surface area is 148 Å². The smallest absolute Gasteiger partial charge is 0.345 e. The number of hydrogen-bond acceptors (Lipinski definition) is 7. The average Bonchev–Trinajstić information content (AvgIpc) is 3.23. The zero-order valence-electron chi connectivity index (χ0n) is 12.2. The second-order valence-electron chi connectivity index (χ2n) is 4.56. The Morgan fingerprint density at radius 1 is 0.958 bits per heavy atom. The van der Waals surface area contributed by atoms with Crippen LogP contribution in [0.5, 0.6) is 0 Å². The number of thioether (sulfide) groups is 1. The Hall–Kier alpha value is -2.23. The fourth-order valence-electron chi connectivity index (χ4n) is 1.93. The van der Waals surface area contributed by atoms with Gasteiger partial charge in [0.2, 0.25) is 0 Å². The summed E-state index contributed by atoms with van der Waals surface area (Å²) in [7, 11) is 0. The molecule has 3 aromatic heterocycles. The Bertz CT molecular complexity index is 862. The van der Waals surface area contributed by atoms with Crippen molar-refractivity contribution >= 4 is 46.4 Å². The maximum Gasteiger partial charge on any atom is 0.345 e. The Morgan fingerprint density at radius 2 is 1.54 bits per heavy atom. The van der Waals surface area contributed by atoms with Crippen LogP contribution in [-0.2, 0) is 0 Å². The molecular weight excluding hydrogens is 368 g/mol. The minimum atomic E-state index is -0.989. The van der Waals surface area contributed by atoms with Gasteiger partial charge >= 0.3 is 11.9 Å². The fraction of sp³-hybridized carbons (Fsp3) is 0.0667. The van der Waals surface area contributed by atoms with Gasteiger partial charge in [0, 0.05) is 0 Å². The van der Waals surface area contributed by atoms with Crippen LogP contribution in [0.2, 0.25) is 0 Å². The number of nitrogens with zero attached hydrogens (tertiary/aromatic N) is 2. The number of carboxylic acids is 2. The van der Waals surface area contributed by atoms with Gasteiger partial charge in [-0.3, -0.25) is 0 Å². The SMILES string of the molecule is CSc1cc(-c2ccc(C(=O)O)s2)nc(-c2ccc(C(=O)O)s2)n1. The van der Waals surface area contributed by atoms with Crippen molar-refractivity contribution in [2.75, 3.05) is 6.26 Å². The molecule has 3 heterocycles. The molecule has 0 aliphatic rings. The van der Waals surface area contributed by atoms with Gasteiger partial charge in [-0.2, -0.15) is 0 Å². The summed E-state index contributed by atoms with van der Waals surface area (Å²) in [5.41, 5.74) is 0.618. The van der Waals surface area contributed by atoms with Crippen molar-refractivity contribution < 1.29 is 19.8 Å². The molecule has 0 bridgehead atoms. The van der Waals surface area contributed by atoms with Crippen molar-refractivity contribution in [3.05, 3.63) is 40.1 Å². The molecule has 0 saturated heterocycles. The lowest BCUT2D eigenvalue weighted by Gasteiger charge is -2.04. The zero-order chi connectivity index (χ0) is 17.3. The van der Waals surface area contributed by atoms with Crippen LogP contribution in [0, 0.1) is 0 Å². The van der Waals surface area contributed by atoms with Crippen molar-refractivity contribution in [3.63, 3.8) is 0 Å². The summed E-state index contributed by atoms with van der Waals surface area (Å²) in [4.78, 5) is 32.8. The molecule has 122 valence electrons. The van der Waals surface area contributed by atoms with Gasteiger partial charge in [-0.05, 0) is 36.6 Å².